The minimum absolute atomic E-state index is 0.00475. The van der Waals surface area contributed by atoms with Gasteiger partial charge < -0.3 is 4.42 Å². The summed E-state index contributed by atoms with van der Waals surface area (Å²) in [6.07, 6.45) is 0. The Morgan fingerprint density at radius 3 is 2.31 bits per heavy atom. The molecule has 13 heavy (non-hydrogen) atoms. The lowest BCUT2D eigenvalue weighted by Crippen LogP contribution is -2.16. The van der Waals surface area contributed by atoms with Gasteiger partial charge in [0.25, 0.3) is 0 Å². The lowest BCUT2D eigenvalue weighted by molar-refractivity contribution is 0.541. The number of fused-ring (bicyclic) bond motifs is 3. The van der Waals surface area contributed by atoms with Crippen LogP contribution in [-0.4, -0.2) is 0 Å². The predicted molar refractivity (Wildman–Crippen MR) is 52.4 cm³/mol. The van der Waals surface area contributed by atoms with Gasteiger partial charge in [0, 0.05) is 0 Å². The van der Waals surface area contributed by atoms with E-state index in [9.17, 15) is 4.79 Å². The molecule has 0 spiro atoms. The second-order valence-electron chi connectivity index (χ2n) is 4.35. The molecular formula is C11H12O2. The van der Waals surface area contributed by atoms with Crippen molar-refractivity contribution in [1.29, 1.82) is 0 Å². The first-order valence-electron chi connectivity index (χ1n) is 4.35. The van der Waals surface area contributed by atoms with Crippen molar-refractivity contribution >= 4 is 11.0 Å². The highest BCUT2D eigenvalue weighted by Crippen LogP contribution is 2.27. The van der Waals surface area contributed by atoms with Crippen molar-refractivity contribution in [2.45, 2.75) is 26.2 Å². The Kier molecular flexibility index (Phi) is 1.50. The van der Waals surface area contributed by atoms with Gasteiger partial charge in [-0.1, -0.05) is 20.8 Å². The summed E-state index contributed by atoms with van der Waals surface area (Å²) < 4.78 is 4.99. The minimum Gasteiger partial charge on any atom is -0.423 e. The first-order valence-corrected chi connectivity index (χ1v) is 4.35. The molecule has 3 rings (SSSR count). The van der Waals surface area contributed by atoms with E-state index < -0.39 is 0 Å². The van der Waals surface area contributed by atoms with E-state index in [2.05, 4.69) is 20.8 Å². The first kappa shape index (κ1) is 8.30. The molecule has 1 aromatic carbocycles. The van der Waals surface area contributed by atoms with Crippen LogP contribution < -0.4 is 5.63 Å². The van der Waals surface area contributed by atoms with Crippen molar-refractivity contribution < 1.29 is 4.42 Å². The molecule has 0 radical (unpaired) electrons. The summed E-state index contributed by atoms with van der Waals surface area (Å²) in [7, 11) is 0. The molecule has 2 bridgehead atoms. The Balaban J connectivity index is 2.84. The summed E-state index contributed by atoms with van der Waals surface area (Å²) in [5.74, 6) is 0. The number of rotatable bonds is 0. The molecule has 0 aliphatic carbocycles. The fourth-order valence-corrected chi connectivity index (χ4v) is 1.55. The van der Waals surface area contributed by atoms with Crippen molar-refractivity contribution in [1.82, 2.24) is 0 Å². The second kappa shape index (κ2) is 2.34. The van der Waals surface area contributed by atoms with E-state index in [0.717, 1.165) is 5.56 Å². The molecule has 0 atom stereocenters. The van der Waals surface area contributed by atoms with Gasteiger partial charge in [-0.25, -0.2) is 4.79 Å². The summed E-state index contributed by atoms with van der Waals surface area (Å²) in [5.41, 5.74) is 1.52. The summed E-state index contributed by atoms with van der Waals surface area (Å²) >= 11 is 0. The molecule has 68 valence electrons. The maximum absolute atomic E-state index is 11.3. The van der Waals surface area contributed by atoms with Gasteiger partial charge in [0.2, 0.25) is 0 Å². The smallest absolute Gasteiger partial charge is 0.343 e. The van der Waals surface area contributed by atoms with Gasteiger partial charge in [0.05, 0.1) is 5.39 Å². The van der Waals surface area contributed by atoms with Crippen molar-refractivity contribution in [3.63, 3.8) is 0 Å². The molecule has 2 heteroatoms. The third-order valence-electron chi connectivity index (χ3n) is 2.23. The van der Waals surface area contributed by atoms with Gasteiger partial charge >= 0.3 is 5.63 Å². The molecule has 0 unspecified atom stereocenters. The monoisotopic (exact) mass is 176 g/mol. The van der Waals surface area contributed by atoms with E-state index >= 15 is 0 Å². The molecule has 3 aromatic rings. The van der Waals surface area contributed by atoms with Crippen LogP contribution in [0.2, 0.25) is 0 Å². The lowest BCUT2D eigenvalue weighted by atomic mass is 9.85. The van der Waals surface area contributed by atoms with Crippen molar-refractivity contribution in [3.05, 3.63) is 34.2 Å². The Morgan fingerprint density at radius 1 is 1.23 bits per heavy atom. The topological polar surface area (TPSA) is 30.2 Å². The lowest BCUT2D eigenvalue weighted by Gasteiger charge is -2.20. The van der Waals surface area contributed by atoms with Crippen LogP contribution >= 0.6 is 0 Å². The maximum atomic E-state index is 11.3. The van der Waals surface area contributed by atoms with Crippen LogP contribution in [0.25, 0.3) is 11.0 Å². The van der Waals surface area contributed by atoms with Crippen LogP contribution in [0.4, 0.5) is 0 Å². The first-order chi connectivity index (χ1) is 5.98. The summed E-state index contributed by atoms with van der Waals surface area (Å²) in [4.78, 5) is 11.3. The SMILES string of the molecule is CC(C)(C)c1cc2ccc1c(=O)o2. The van der Waals surface area contributed by atoms with Crippen LogP contribution in [0.3, 0.4) is 0 Å². The van der Waals surface area contributed by atoms with Gasteiger partial charge in [-0.15, -0.1) is 0 Å². The molecule has 0 N–H and O–H groups in total. The molecule has 2 nitrogen and oxygen atoms in total. The third-order valence-corrected chi connectivity index (χ3v) is 2.23. The van der Waals surface area contributed by atoms with E-state index in [-0.39, 0.29) is 11.0 Å². The molecule has 0 aliphatic heterocycles. The highest BCUT2D eigenvalue weighted by molar-refractivity contribution is 5.68. The molecule has 2 aromatic heterocycles. The van der Waals surface area contributed by atoms with Crippen molar-refractivity contribution in [2.24, 2.45) is 0 Å². The Bertz CT molecular complexity index is 474. The average Bonchev–Trinajstić information content (AvgIpc) is 2.03. The van der Waals surface area contributed by atoms with Crippen LogP contribution in [0.5, 0.6) is 0 Å². The number of hydrogen-bond acceptors (Lipinski definition) is 2. The van der Waals surface area contributed by atoms with E-state index in [4.69, 9.17) is 4.42 Å². The van der Waals surface area contributed by atoms with Gasteiger partial charge in [-0.2, -0.15) is 0 Å². The highest BCUT2D eigenvalue weighted by Gasteiger charge is 2.19. The van der Waals surface area contributed by atoms with Crippen molar-refractivity contribution in [2.75, 3.05) is 0 Å². The van der Waals surface area contributed by atoms with Crippen LogP contribution in [0.15, 0.2) is 27.4 Å². The largest absolute Gasteiger partial charge is 0.423 e. The molecule has 0 fully saturated rings. The number of hydrogen-bond donors (Lipinski definition) is 0. The molecule has 0 aliphatic rings. The second-order valence-corrected chi connectivity index (χ2v) is 4.35. The zero-order valence-electron chi connectivity index (χ0n) is 8.05. The van der Waals surface area contributed by atoms with Crippen LogP contribution in [0.1, 0.15) is 26.3 Å². The van der Waals surface area contributed by atoms with Crippen molar-refractivity contribution in [3.8, 4) is 0 Å². The minimum atomic E-state index is -0.218. The summed E-state index contributed by atoms with van der Waals surface area (Å²) in [6.45, 7) is 6.27. The fraction of sp³-hybridized carbons (Fsp3) is 0.364. The standard InChI is InChI=1S/C11H12O2/c1-11(2,3)9-6-7-4-5-8(9)10(12)13-7/h4-6H,1-3H3. The normalized spacial score (nSPS) is 12.5. The fourth-order valence-electron chi connectivity index (χ4n) is 1.55. The van der Waals surface area contributed by atoms with E-state index in [1.807, 2.05) is 18.2 Å². The average molecular weight is 176 g/mol. The maximum Gasteiger partial charge on any atom is 0.343 e. The summed E-state index contributed by atoms with van der Waals surface area (Å²) in [5, 5.41) is 0.697. The van der Waals surface area contributed by atoms with Gasteiger partial charge in [-0.05, 0) is 29.2 Å². The van der Waals surface area contributed by atoms with E-state index in [1.165, 1.54) is 0 Å². The van der Waals surface area contributed by atoms with Gasteiger partial charge in [0.1, 0.15) is 5.58 Å². The van der Waals surface area contributed by atoms with E-state index in [0.29, 0.717) is 11.0 Å². The molecule has 0 amide bonds. The molecular weight excluding hydrogens is 164 g/mol. The molecule has 2 heterocycles. The molecule has 0 saturated carbocycles. The Hall–Kier alpha value is -1.31. The van der Waals surface area contributed by atoms with Crippen LogP contribution in [-0.2, 0) is 5.41 Å². The zero-order valence-corrected chi connectivity index (χ0v) is 8.05. The van der Waals surface area contributed by atoms with E-state index in [1.54, 1.807) is 0 Å². The highest BCUT2D eigenvalue weighted by atomic mass is 16.4. The van der Waals surface area contributed by atoms with Gasteiger partial charge in [-0.3, -0.25) is 0 Å². The quantitative estimate of drug-likeness (QED) is 0.617. The summed E-state index contributed by atoms with van der Waals surface area (Å²) in [6, 6.07) is 5.60. The Morgan fingerprint density at radius 2 is 1.92 bits per heavy atom. The molecule has 0 saturated heterocycles. The number of benzene rings is 1. The third kappa shape index (κ3) is 1.22. The zero-order chi connectivity index (χ0) is 9.64. The Labute approximate surface area is 76.5 Å². The van der Waals surface area contributed by atoms with Gasteiger partial charge in [0.15, 0.2) is 0 Å². The predicted octanol–water partition coefficient (Wildman–Crippen LogP) is 2.53. The van der Waals surface area contributed by atoms with Crippen LogP contribution in [0, 0.1) is 0 Å².